The summed E-state index contributed by atoms with van der Waals surface area (Å²) in [5.41, 5.74) is 1.13. The lowest BCUT2D eigenvalue weighted by molar-refractivity contribution is 0.534. The van der Waals surface area contributed by atoms with Crippen LogP contribution in [0.3, 0.4) is 0 Å². The number of benzene rings is 1. The van der Waals surface area contributed by atoms with Crippen molar-refractivity contribution in [3.05, 3.63) is 48.4 Å². The second kappa shape index (κ2) is 6.13. The first kappa shape index (κ1) is 15.7. The molecule has 0 fully saturated rings. The number of anilines is 1. The van der Waals surface area contributed by atoms with Gasteiger partial charge in [-0.2, -0.15) is 5.10 Å². The number of nitrogens with zero attached hydrogens (tertiary/aromatic N) is 1. The number of sulfonamides is 1. The van der Waals surface area contributed by atoms with Gasteiger partial charge < -0.3 is 4.42 Å². The van der Waals surface area contributed by atoms with E-state index in [1.54, 1.807) is 43.1 Å². The number of hydrogen-bond acceptors (Lipinski definition) is 5. The number of rotatable bonds is 5. The molecule has 2 N–H and O–H groups in total. The van der Waals surface area contributed by atoms with Crippen LogP contribution in [0.4, 0.5) is 5.69 Å². The molecule has 0 amide bonds. The van der Waals surface area contributed by atoms with E-state index in [2.05, 4.69) is 14.9 Å². The molecule has 1 aromatic carbocycles. The molecule has 0 bridgehead atoms. The molecule has 0 spiro atoms. The highest BCUT2D eigenvalue weighted by atomic mass is 32.2. The summed E-state index contributed by atoms with van der Waals surface area (Å²) in [6.45, 7) is 1.62. The normalized spacial score (nSPS) is 11.6. The first-order valence-electron chi connectivity index (χ1n) is 6.76. The third-order valence-corrected chi connectivity index (χ3v) is 5.50. The van der Waals surface area contributed by atoms with Crippen LogP contribution >= 0.6 is 11.8 Å². The molecule has 0 saturated heterocycles. The summed E-state index contributed by atoms with van der Waals surface area (Å²) in [5, 5.41) is 6.58. The second-order valence-corrected chi connectivity index (χ2v) is 7.37. The van der Waals surface area contributed by atoms with E-state index in [-0.39, 0.29) is 4.90 Å². The van der Waals surface area contributed by atoms with Crippen LogP contribution in [-0.2, 0) is 10.0 Å². The minimum absolute atomic E-state index is 0.107. The highest BCUT2D eigenvalue weighted by molar-refractivity contribution is 7.98. The molecule has 0 saturated carbocycles. The lowest BCUT2D eigenvalue weighted by Crippen LogP contribution is -2.13. The topological polar surface area (TPSA) is 88.0 Å². The number of thioether (sulfide) groups is 1. The van der Waals surface area contributed by atoms with Crippen molar-refractivity contribution in [1.82, 2.24) is 10.2 Å². The first-order valence-corrected chi connectivity index (χ1v) is 9.47. The average Bonchev–Trinajstić information content (AvgIpc) is 3.17. The smallest absolute Gasteiger partial charge is 0.265 e. The van der Waals surface area contributed by atoms with Crippen molar-refractivity contribution in [1.29, 1.82) is 0 Å². The minimum Gasteiger partial charge on any atom is -0.458 e. The Balaban J connectivity index is 1.90. The third kappa shape index (κ3) is 3.27. The molecule has 2 aromatic heterocycles. The molecule has 0 unspecified atom stereocenters. The summed E-state index contributed by atoms with van der Waals surface area (Å²) in [7, 11) is -3.72. The van der Waals surface area contributed by atoms with Gasteiger partial charge in [0, 0.05) is 22.8 Å². The number of hydrogen-bond donors (Lipinski definition) is 2. The monoisotopic (exact) mass is 349 g/mol. The van der Waals surface area contributed by atoms with Crippen LogP contribution in [-0.4, -0.2) is 24.9 Å². The minimum atomic E-state index is -3.72. The van der Waals surface area contributed by atoms with Gasteiger partial charge in [-0.05, 0) is 43.5 Å². The Hall–Kier alpha value is -2.19. The molecule has 6 nitrogen and oxygen atoms in total. The largest absolute Gasteiger partial charge is 0.458 e. The average molecular weight is 349 g/mol. The molecule has 3 aromatic rings. The Bertz CT molecular complexity index is 898. The van der Waals surface area contributed by atoms with E-state index in [1.165, 1.54) is 6.07 Å². The van der Waals surface area contributed by atoms with E-state index in [0.29, 0.717) is 22.9 Å². The summed E-state index contributed by atoms with van der Waals surface area (Å²) in [5.74, 6) is 0.751. The van der Waals surface area contributed by atoms with Crippen LogP contribution in [0.1, 0.15) is 5.76 Å². The fourth-order valence-corrected chi connectivity index (χ4v) is 3.77. The zero-order valence-electron chi connectivity index (χ0n) is 12.5. The molecule has 0 atom stereocenters. The van der Waals surface area contributed by atoms with Crippen LogP contribution in [0.5, 0.6) is 0 Å². The molecular weight excluding hydrogens is 334 g/mol. The highest BCUT2D eigenvalue weighted by Gasteiger charge is 2.22. The zero-order chi connectivity index (χ0) is 16.4. The summed E-state index contributed by atoms with van der Waals surface area (Å²) >= 11 is 1.59. The Kier molecular flexibility index (Phi) is 4.18. The predicted molar refractivity (Wildman–Crippen MR) is 90.1 cm³/mol. The Morgan fingerprint density at radius 2 is 1.96 bits per heavy atom. The van der Waals surface area contributed by atoms with Crippen LogP contribution in [0, 0.1) is 6.92 Å². The predicted octanol–water partition coefficient (Wildman–Crippen LogP) is 3.50. The lowest BCUT2D eigenvalue weighted by Gasteiger charge is -2.07. The maximum Gasteiger partial charge on any atom is 0.265 e. The number of aryl methyl sites for hydroxylation is 1. The van der Waals surface area contributed by atoms with E-state index < -0.39 is 10.0 Å². The van der Waals surface area contributed by atoms with Crippen LogP contribution in [0.15, 0.2) is 56.8 Å². The summed E-state index contributed by atoms with van der Waals surface area (Å²) < 4.78 is 33.2. The van der Waals surface area contributed by atoms with Gasteiger partial charge in [0.25, 0.3) is 10.0 Å². The summed E-state index contributed by atoms with van der Waals surface area (Å²) in [4.78, 5) is 1.17. The van der Waals surface area contributed by atoms with Gasteiger partial charge in [0.15, 0.2) is 5.76 Å². The number of furan rings is 1. The van der Waals surface area contributed by atoms with Crippen molar-refractivity contribution >= 4 is 27.5 Å². The number of aromatic amines is 1. The first-order chi connectivity index (χ1) is 11.0. The molecule has 0 aliphatic rings. The standard InChI is InChI=1S/C15H15N3O3S2/c1-10-15(9-14(21-10)13-7-8-16-17-13)23(19,20)18-11-3-5-12(22-2)6-4-11/h3-9,18H,1-2H3,(H,16,17). The molecule has 2 heterocycles. The lowest BCUT2D eigenvalue weighted by atomic mass is 10.3. The van der Waals surface area contributed by atoms with Gasteiger partial charge in [-0.15, -0.1) is 11.8 Å². The molecule has 0 aliphatic heterocycles. The highest BCUT2D eigenvalue weighted by Crippen LogP contribution is 2.28. The fourth-order valence-electron chi connectivity index (χ4n) is 2.13. The van der Waals surface area contributed by atoms with Crippen molar-refractivity contribution in [2.45, 2.75) is 16.7 Å². The van der Waals surface area contributed by atoms with Gasteiger partial charge in [0.2, 0.25) is 0 Å². The molecule has 120 valence electrons. The number of H-pyrrole nitrogens is 1. The van der Waals surface area contributed by atoms with Crippen molar-refractivity contribution in [2.24, 2.45) is 0 Å². The third-order valence-electron chi connectivity index (χ3n) is 3.27. The van der Waals surface area contributed by atoms with E-state index in [4.69, 9.17) is 4.42 Å². The van der Waals surface area contributed by atoms with Crippen molar-refractivity contribution in [3.63, 3.8) is 0 Å². The van der Waals surface area contributed by atoms with Gasteiger partial charge in [0.05, 0.1) is 0 Å². The van der Waals surface area contributed by atoms with E-state index in [9.17, 15) is 8.42 Å². The van der Waals surface area contributed by atoms with Crippen LogP contribution in [0.2, 0.25) is 0 Å². The van der Waals surface area contributed by atoms with Gasteiger partial charge >= 0.3 is 0 Å². The summed E-state index contributed by atoms with van der Waals surface area (Å²) in [6.07, 6.45) is 3.54. The van der Waals surface area contributed by atoms with Crippen LogP contribution < -0.4 is 4.72 Å². The SMILES string of the molecule is CSc1ccc(NS(=O)(=O)c2cc(-c3ccn[nH]3)oc2C)cc1. The summed E-state index contributed by atoms with van der Waals surface area (Å²) in [6, 6.07) is 10.4. The van der Waals surface area contributed by atoms with Crippen molar-refractivity contribution < 1.29 is 12.8 Å². The van der Waals surface area contributed by atoms with Gasteiger partial charge in [0.1, 0.15) is 16.3 Å². The molecular formula is C15H15N3O3S2. The molecule has 23 heavy (non-hydrogen) atoms. The molecule has 0 aliphatic carbocycles. The van der Waals surface area contributed by atoms with E-state index in [0.717, 1.165) is 4.90 Å². The van der Waals surface area contributed by atoms with E-state index >= 15 is 0 Å². The Morgan fingerprint density at radius 1 is 1.22 bits per heavy atom. The maximum atomic E-state index is 12.6. The molecule has 8 heteroatoms. The van der Waals surface area contributed by atoms with Crippen molar-refractivity contribution in [3.8, 4) is 11.5 Å². The van der Waals surface area contributed by atoms with Gasteiger partial charge in [-0.3, -0.25) is 9.82 Å². The number of nitrogens with one attached hydrogen (secondary N) is 2. The second-order valence-electron chi connectivity index (χ2n) is 4.84. The van der Waals surface area contributed by atoms with Crippen molar-refractivity contribution in [2.75, 3.05) is 11.0 Å². The molecule has 0 radical (unpaired) electrons. The quantitative estimate of drug-likeness (QED) is 0.688. The number of aromatic nitrogens is 2. The zero-order valence-corrected chi connectivity index (χ0v) is 14.2. The van der Waals surface area contributed by atoms with Crippen LogP contribution in [0.25, 0.3) is 11.5 Å². The van der Waals surface area contributed by atoms with Gasteiger partial charge in [-0.1, -0.05) is 0 Å². The van der Waals surface area contributed by atoms with Gasteiger partial charge in [-0.25, -0.2) is 8.42 Å². The maximum absolute atomic E-state index is 12.6. The Labute approximate surface area is 138 Å². The molecule has 3 rings (SSSR count). The fraction of sp³-hybridized carbons (Fsp3) is 0.133. The van der Waals surface area contributed by atoms with E-state index in [1.807, 2.05) is 18.4 Å². The Morgan fingerprint density at radius 3 is 2.57 bits per heavy atom.